The van der Waals surface area contributed by atoms with Crippen molar-refractivity contribution in [1.29, 1.82) is 0 Å². The van der Waals surface area contributed by atoms with Gasteiger partial charge < -0.3 is 4.74 Å². The van der Waals surface area contributed by atoms with Crippen molar-refractivity contribution in [3.63, 3.8) is 0 Å². The Morgan fingerprint density at radius 2 is 1.82 bits per heavy atom. The second-order valence-electron chi connectivity index (χ2n) is 3.88. The van der Waals surface area contributed by atoms with Gasteiger partial charge in [-0.05, 0) is 22.4 Å². The van der Waals surface area contributed by atoms with Gasteiger partial charge in [-0.3, -0.25) is 0 Å². The Kier molecular flexibility index (Phi) is 2.57. The second-order valence-corrected chi connectivity index (χ2v) is 4.79. The maximum absolute atomic E-state index is 5.24. The summed E-state index contributed by atoms with van der Waals surface area (Å²) in [5.74, 6) is 0.929. The molecule has 0 aliphatic rings. The Hall–Kier alpha value is -1.80. The van der Waals surface area contributed by atoms with Gasteiger partial charge >= 0.3 is 0 Å². The van der Waals surface area contributed by atoms with E-state index in [1.54, 1.807) is 18.4 Å². The fourth-order valence-electron chi connectivity index (χ4n) is 2.01. The maximum atomic E-state index is 5.24. The Balaban J connectivity index is 2.23. The topological polar surface area (TPSA) is 9.23 Å². The Morgan fingerprint density at radius 3 is 2.65 bits per heavy atom. The highest BCUT2D eigenvalue weighted by molar-refractivity contribution is 7.14. The molecule has 1 aromatic heterocycles. The van der Waals surface area contributed by atoms with E-state index in [-0.39, 0.29) is 0 Å². The molecule has 0 aliphatic carbocycles. The molecule has 84 valence electrons. The first-order chi connectivity index (χ1) is 8.38. The summed E-state index contributed by atoms with van der Waals surface area (Å²) in [7, 11) is 1.70. The zero-order chi connectivity index (χ0) is 11.7. The average Bonchev–Trinajstić information content (AvgIpc) is 2.87. The van der Waals surface area contributed by atoms with Crippen molar-refractivity contribution in [1.82, 2.24) is 0 Å². The van der Waals surface area contributed by atoms with E-state index < -0.39 is 0 Å². The smallest absolute Gasteiger partial charge is 0.130 e. The van der Waals surface area contributed by atoms with Crippen LogP contribution in [0.2, 0.25) is 0 Å². The first kappa shape index (κ1) is 10.4. The number of methoxy groups -OCH3 is 1. The van der Waals surface area contributed by atoms with E-state index in [1.807, 2.05) is 5.38 Å². The largest absolute Gasteiger partial charge is 0.496 e. The van der Waals surface area contributed by atoms with Gasteiger partial charge in [0.15, 0.2) is 0 Å². The van der Waals surface area contributed by atoms with Crippen LogP contribution < -0.4 is 4.74 Å². The lowest BCUT2D eigenvalue weighted by Gasteiger charge is -2.03. The van der Waals surface area contributed by atoms with E-state index >= 15 is 0 Å². The number of rotatable bonds is 2. The molecule has 0 amide bonds. The van der Waals surface area contributed by atoms with Crippen LogP contribution in [0.25, 0.3) is 21.2 Å². The average molecular weight is 240 g/mol. The second kappa shape index (κ2) is 4.22. The molecule has 0 saturated carbocycles. The van der Waals surface area contributed by atoms with Gasteiger partial charge in [-0.2, -0.15) is 0 Å². The van der Waals surface area contributed by atoms with Crippen LogP contribution in [0.4, 0.5) is 0 Å². The van der Waals surface area contributed by atoms with Crippen molar-refractivity contribution in [3.8, 4) is 16.2 Å². The number of fused-ring (bicyclic) bond motifs is 1. The van der Waals surface area contributed by atoms with Crippen molar-refractivity contribution < 1.29 is 4.74 Å². The monoisotopic (exact) mass is 240 g/mol. The van der Waals surface area contributed by atoms with Crippen molar-refractivity contribution in [2.24, 2.45) is 0 Å². The van der Waals surface area contributed by atoms with Crippen LogP contribution in [0.3, 0.4) is 0 Å². The molecule has 0 radical (unpaired) electrons. The molecule has 0 aliphatic heterocycles. The van der Waals surface area contributed by atoms with Crippen LogP contribution in [0.5, 0.6) is 5.75 Å². The summed E-state index contributed by atoms with van der Waals surface area (Å²) < 4.78 is 5.24. The maximum Gasteiger partial charge on any atom is 0.130 e. The number of hydrogen-bond acceptors (Lipinski definition) is 2. The van der Waals surface area contributed by atoms with Crippen LogP contribution in [-0.2, 0) is 0 Å². The minimum atomic E-state index is 0.929. The van der Waals surface area contributed by atoms with E-state index in [0.717, 1.165) is 5.75 Å². The Bertz CT molecular complexity index is 649. The van der Waals surface area contributed by atoms with E-state index in [9.17, 15) is 0 Å². The summed E-state index contributed by atoms with van der Waals surface area (Å²) in [6, 6.07) is 17.0. The van der Waals surface area contributed by atoms with Gasteiger partial charge in [0.1, 0.15) is 5.75 Å². The zero-order valence-electron chi connectivity index (χ0n) is 9.51. The zero-order valence-corrected chi connectivity index (χ0v) is 10.3. The molecular weight excluding hydrogens is 228 g/mol. The number of ether oxygens (including phenoxy) is 1. The van der Waals surface area contributed by atoms with Crippen LogP contribution >= 0.6 is 11.3 Å². The van der Waals surface area contributed by atoms with Crippen molar-refractivity contribution >= 4 is 22.1 Å². The first-order valence-electron chi connectivity index (χ1n) is 5.49. The highest BCUT2D eigenvalue weighted by Gasteiger charge is 2.06. The van der Waals surface area contributed by atoms with Crippen molar-refractivity contribution in [2.45, 2.75) is 0 Å². The highest BCUT2D eigenvalue weighted by atomic mass is 32.1. The van der Waals surface area contributed by atoms with Crippen LogP contribution in [0.15, 0.2) is 53.9 Å². The molecule has 2 aromatic carbocycles. The molecule has 0 atom stereocenters. The van der Waals surface area contributed by atoms with Gasteiger partial charge in [0.2, 0.25) is 0 Å². The summed E-state index contributed by atoms with van der Waals surface area (Å²) >= 11 is 1.72. The predicted molar refractivity (Wildman–Crippen MR) is 73.8 cm³/mol. The molecule has 2 heteroatoms. The Morgan fingerprint density at radius 1 is 1.00 bits per heavy atom. The van der Waals surface area contributed by atoms with Gasteiger partial charge in [0, 0.05) is 10.3 Å². The minimum Gasteiger partial charge on any atom is -0.496 e. The fourth-order valence-corrected chi connectivity index (χ4v) is 2.90. The van der Waals surface area contributed by atoms with Crippen LogP contribution in [0, 0.1) is 0 Å². The first-order valence-corrected chi connectivity index (χ1v) is 6.37. The third-order valence-corrected chi connectivity index (χ3v) is 3.81. The van der Waals surface area contributed by atoms with E-state index in [2.05, 4.69) is 48.5 Å². The summed E-state index contributed by atoms with van der Waals surface area (Å²) in [4.78, 5) is 1.25. The molecule has 0 saturated heterocycles. The minimum absolute atomic E-state index is 0.929. The van der Waals surface area contributed by atoms with E-state index in [4.69, 9.17) is 4.74 Å². The van der Waals surface area contributed by atoms with Crippen molar-refractivity contribution in [2.75, 3.05) is 7.11 Å². The SMILES string of the molecule is COc1csc(-c2cccc3ccccc23)c1. The summed E-state index contributed by atoms with van der Waals surface area (Å²) in [5.41, 5.74) is 1.27. The van der Waals surface area contributed by atoms with Gasteiger partial charge in [-0.1, -0.05) is 42.5 Å². The normalized spacial score (nSPS) is 10.6. The van der Waals surface area contributed by atoms with E-state index in [1.165, 1.54) is 21.2 Å². The summed E-state index contributed by atoms with van der Waals surface area (Å²) in [6.07, 6.45) is 0. The third-order valence-electron chi connectivity index (χ3n) is 2.87. The molecule has 0 unspecified atom stereocenters. The van der Waals surface area contributed by atoms with E-state index in [0.29, 0.717) is 0 Å². The summed E-state index contributed by atoms with van der Waals surface area (Å²) in [6.45, 7) is 0. The van der Waals surface area contributed by atoms with Crippen molar-refractivity contribution in [3.05, 3.63) is 53.9 Å². The molecule has 3 rings (SSSR count). The lowest BCUT2D eigenvalue weighted by Crippen LogP contribution is -1.78. The highest BCUT2D eigenvalue weighted by Crippen LogP contribution is 2.35. The molecule has 0 spiro atoms. The molecular formula is C15H12OS. The lowest BCUT2D eigenvalue weighted by atomic mass is 10.0. The molecule has 1 nitrogen and oxygen atoms in total. The number of thiophene rings is 1. The van der Waals surface area contributed by atoms with Gasteiger partial charge in [0.05, 0.1) is 7.11 Å². The molecule has 3 aromatic rings. The van der Waals surface area contributed by atoms with Gasteiger partial charge in [-0.25, -0.2) is 0 Å². The number of benzene rings is 2. The quantitative estimate of drug-likeness (QED) is 0.637. The van der Waals surface area contributed by atoms with Gasteiger partial charge in [-0.15, -0.1) is 11.3 Å². The molecule has 0 fully saturated rings. The molecule has 0 N–H and O–H groups in total. The predicted octanol–water partition coefficient (Wildman–Crippen LogP) is 4.58. The standard InChI is InChI=1S/C15H12OS/c1-16-12-9-15(17-10-12)14-8-4-6-11-5-2-3-7-13(11)14/h2-10H,1H3. The van der Waals surface area contributed by atoms with Gasteiger partial charge in [0.25, 0.3) is 0 Å². The molecule has 0 bridgehead atoms. The summed E-state index contributed by atoms with van der Waals surface area (Å²) in [5, 5.41) is 4.61. The Labute approximate surface area is 104 Å². The lowest BCUT2D eigenvalue weighted by molar-refractivity contribution is 0.417. The van der Waals surface area contributed by atoms with Crippen LogP contribution in [-0.4, -0.2) is 7.11 Å². The van der Waals surface area contributed by atoms with Crippen LogP contribution in [0.1, 0.15) is 0 Å². The number of hydrogen-bond donors (Lipinski definition) is 0. The molecule has 1 heterocycles. The fraction of sp³-hybridized carbons (Fsp3) is 0.0667. The third kappa shape index (κ3) is 1.81. The molecule has 17 heavy (non-hydrogen) atoms.